The lowest BCUT2D eigenvalue weighted by molar-refractivity contribution is 0.571. The van der Waals surface area contributed by atoms with Crippen LogP contribution in [0.5, 0.6) is 0 Å². The Kier molecular flexibility index (Phi) is 4.23. The van der Waals surface area contributed by atoms with Crippen LogP contribution in [0.4, 0.5) is 14.5 Å². The van der Waals surface area contributed by atoms with Crippen molar-refractivity contribution in [1.29, 1.82) is 0 Å². The maximum atomic E-state index is 13.9. The summed E-state index contributed by atoms with van der Waals surface area (Å²) in [6, 6.07) is 3.21. The van der Waals surface area contributed by atoms with Gasteiger partial charge in [-0.15, -0.1) is 0 Å². The summed E-state index contributed by atoms with van der Waals surface area (Å²) in [5.74, 6) is -1.88. The minimum atomic E-state index is -4.12. The number of anilines is 1. The van der Waals surface area contributed by atoms with Crippen molar-refractivity contribution < 1.29 is 17.2 Å². The number of hydrogen-bond acceptors (Lipinski definition) is 3. The van der Waals surface area contributed by atoms with E-state index in [9.17, 15) is 17.2 Å². The van der Waals surface area contributed by atoms with Crippen LogP contribution in [0, 0.1) is 25.5 Å². The van der Waals surface area contributed by atoms with Crippen molar-refractivity contribution in [3.8, 4) is 0 Å². The summed E-state index contributed by atoms with van der Waals surface area (Å²) in [5.41, 5.74) is 0.122. The molecule has 2 rings (SSSR count). The van der Waals surface area contributed by atoms with Gasteiger partial charge in [0.25, 0.3) is 10.0 Å². The van der Waals surface area contributed by atoms with Crippen LogP contribution in [-0.2, 0) is 16.6 Å². The van der Waals surface area contributed by atoms with Gasteiger partial charge in [0.2, 0.25) is 0 Å². The van der Waals surface area contributed by atoms with Crippen LogP contribution in [0.1, 0.15) is 18.3 Å². The first-order valence-electron chi connectivity index (χ1n) is 6.68. The third-order valence-electron chi connectivity index (χ3n) is 3.49. The van der Waals surface area contributed by atoms with Crippen molar-refractivity contribution in [2.75, 3.05) is 11.4 Å². The minimum absolute atomic E-state index is 0.0282. The van der Waals surface area contributed by atoms with Crippen LogP contribution < -0.4 is 4.31 Å². The molecule has 22 heavy (non-hydrogen) atoms. The predicted molar refractivity (Wildman–Crippen MR) is 79.3 cm³/mol. The zero-order valence-corrected chi connectivity index (χ0v) is 13.6. The van der Waals surface area contributed by atoms with E-state index < -0.39 is 27.3 Å². The summed E-state index contributed by atoms with van der Waals surface area (Å²) in [4.78, 5) is -0.0282. The lowest BCUT2D eigenvalue weighted by atomic mass is 10.3. The smallest absolute Gasteiger partial charge is 0.267 e. The highest BCUT2D eigenvalue weighted by Crippen LogP contribution is 2.30. The van der Waals surface area contributed by atoms with E-state index in [1.807, 2.05) is 6.92 Å². The molecule has 8 heteroatoms. The molecule has 0 atom stereocenters. The van der Waals surface area contributed by atoms with E-state index >= 15 is 0 Å². The van der Waals surface area contributed by atoms with E-state index in [0.29, 0.717) is 22.2 Å². The number of para-hydroxylation sites is 1. The van der Waals surface area contributed by atoms with Gasteiger partial charge >= 0.3 is 0 Å². The molecule has 0 fully saturated rings. The number of rotatable bonds is 4. The highest BCUT2D eigenvalue weighted by atomic mass is 32.2. The van der Waals surface area contributed by atoms with Gasteiger partial charge in [-0.2, -0.15) is 5.10 Å². The minimum Gasteiger partial charge on any atom is -0.268 e. The molecule has 0 aliphatic heterocycles. The van der Waals surface area contributed by atoms with Crippen LogP contribution in [-0.4, -0.2) is 25.2 Å². The number of hydrogen-bond donors (Lipinski definition) is 0. The average molecular weight is 329 g/mol. The first-order valence-corrected chi connectivity index (χ1v) is 8.12. The normalized spacial score (nSPS) is 11.7. The monoisotopic (exact) mass is 329 g/mol. The summed E-state index contributed by atoms with van der Waals surface area (Å²) in [7, 11) is -2.99. The first kappa shape index (κ1) is 16.4. The molecule has 0 amide bonds. The van der Waals surface area contributed by atoms with Gasteiger partial charge in [-0.3, -0.25) is 8.99 Å². The lowest BCUT2D eigenvalue weighted by Gasteiger charge is -2.20. The number of halogens is 2. The van der Waals surface area contributed by atoms with E-state index in [1.54, 1.807) is 13.8 Å². The van der Waals surface area contributed by atoms with Crippen molar-refractivity contribution >= 4 is 15.7 Å². The standard InChI is InChI=1S/C14H17F2N3O2S/c1-5-19-10(3)14(9(2)17-19)22(20,21)18(4)13-11(15)7-6-8-12(13)16/h6-8H,5H2,1-4H3. The maximum Gasteiger partial charge on any atom is 0.267 e. The largest absolute Gasteiger partial charge is 0.268 e. The Bertz CT molecular complexity index is 795. The Labute approximate surface area is 128 Å². The van der Waals surface area contributed by atoms with Gasteiger partial charge in [0.1, 0.15) is 10.6 Å². The van der Waals surface area contributed by atoms with Gasteiger partial charge in [0.05, 0.1) is 11.4 Å². The van der Waals surface area contributed by atoms with Crippen LogP contribution in [0.2, 0.25) is 0 Å². The van der Waals surface area contributed by atoms with Crippen LogP contribution in [0.3, 0.4) is 0 Å². The van der Waals surface area contributed by atoms with Crippen molar-refractivity contribution in [3.63, 3.8) is 0 Å². The topological polar surface area (TPSA) is 55.2 Å². The molecular formula is C14H17F2N3O2S. The molecule has 1 aromatic heterocycles. The highest BCUT2D eigenvalue weighted by Gasteiger charge is 2.31. The molecule has 2 aromatic rings. The van der Waals surface area contributed by atoms with Crippen molar-refractivity contribution in [2.45, 2.75) is 32.2 Å². The number of aryl methyl sites for hydroxylation is 2. The third kappa shape index (κ3) is 2.47. The number of sulfonamides is 1. The number of benzene rings is 1. The van der Waals surface area contributed by atoms with Gasteiger partial charge in [-0.05, 0) is 32.9 Å². The maximum absolute atomic E-state index is 13.9. The SMILES string of the molecule is CCn1nc(C)c(S(=O)(=O)N(C)c2c(F)cccc2F)c1C. The molecule has 0 spiro atoms. The van der Waals surface area contributed by atoms with Crippen LogP contribution in [0.15, 0.2) is 23.1 Å². The van der Waals surface area contributed by atoms with E-state index in [4.69, 9.17) is 0 Å². The third-order valence-corrected chi connectivity index (χ3v) is 5.50. The summed E-state index contributed by atoms with van der Waals surface area (Å²) < 4.78 is 55.4. The quantitative estimate of drug-likeness (QED) is 0.866. The molecule has 0 radical (unpaired) electrons. The Morgan fingerprint density at radius 2 is 1.77 bits per heavy atom. The van der Waals surface area contributed by atoms with Gasteiger partial charge in [0, 0.05) is 13.6 Å². The molecule has 0 aliphatic carbocycles. The summed E-state index contributed by atoms with van der Waals surface area (Å²) >= 11 is 0. The summed E-state index contributed by atoms with van der Waals surface area (Å²) in [6.07, 6.45) is 0. The summed E-state index contributed by atoms with van der Waals surface area (Å²) in [5, 5.41) is 4.14. The molecule has 0 saturated heterocycles. The molecule has 0 N–H and O–H groups in total. The molecule has 0 bridgehead atoms. The molecule has 0 aliphatic rings. The second-order valence-corrected chi connectivity index (χ2v) is 6.76. The fourth-order valence-corrected chi connectivity index (χ4v) is 3.99. The van der Waals surface area contributed by atoms with Crippen LogP contribution >= 0.6 is 0 Å². The zero-order valence-electron chi connectivity index (χ0n) is 12.8. The fourth-order valence-electron chi connectivity index (χ4n) is 2.41. The Morgan fingerprint density at radius 3 is 2.23 bits per heavy atom. The van der Waals surface area contributed by atoms with Crippen molar-refractivity contribution in [3.05, 3.63) is 41.2 Å². The molecule has 5 nitrogen and oxygen atoms in total. The molecular weight excluding hydrogens is 312 g/mol. The second-order valence-electron chi connectivity index (χ2n) is 4.86. The van der Waals surface area contributed by atoms with Gasteiger partial charge in [0.15, 0.2) is 11.6 Å². The van der Waals surface area contributed by atoms with E-state index in [0.717, 1.165) is 19.2 Å². The van der Waals surface area contributed by atoms with E-state index in [-0.39, 0.29) is 4.90 Å². The molecule has 1 aromatic carbocycles. The van der Waals surface area contributed by atoms with Crippen molar-refractivity contribution in [2.24, 2.45) is 0 Å². The highest BCUT2D eigenvalue weighted by molar-refractivity contribution is 7.92. The summed E-state index contributed by atoms with van der Waals surface area (Å²) in [6.45, 7) is 5.50. The zero-order chi connectivity index (χ0) is 16.7. The number of aromatic nitrogens is 2. The van der Waals surface area contributed by atoms with Gasteiger partial charge in [-0.25, -0.2) is 17.2 Å². The molecule has 1 heterocycles. The van der Waals surface area contributed by atoms with Crippen LogP contribution in [0.25, 0.3) is 0 Å². The van der Waals surface area contributed by atoms with E-state index in [1.165, 1.54) is 10.7 Å². The molecule has 120 valence electrons. The van der Waals surface area contributed by atoms with E-state index in [2.05, 4.69) is 5.10 Å². The second kappa shape index (κ2) is 5.68. The number of nitrogens with zero attached hydrogens (tertiary/aromatic N) is 3. The van der Waals surface area contributed by atoms with Crippen molar-refractivity contribution in [1.82, 2.24) is 9.78 Å². The van der Waals surface area contributed by atoms with Gasteiger partial charge < -0.3 is 0 Å². The first-order chi connectivity index (χ1) is 10.2. The van der Waals surface area contributed by atoms with Gasteiger partial charge in [-0.1, -0.05) is 6.07 Å². The lowest BCUT2D eigenvalue weighted by Crippen LogP contribution is -2.29. The molecule has 0 unspecified atom stereocenters. The molecule has 0 saturated carbocycles. The Balaban J connectivity index is 2.63. The predicted octanol–water partition coefficient (Wildman–Crippen LogP) is 2.62. The Hall–Kier alpha value is -1.96. The average Bonchev–Trinajstić information content (AvgIpc) is 2.73. The fraction of sp³-hybridized carbons (Fsp3) is 0.357. The Morgan fingerprint density at radius 1 is 1.23 bits per heavy atom.